The van der Waals surface area contributed by atoms with Gasteiger partial charge in [0, 0.05) is 75.0 Å². The summed E-state index contributed by atoms with van der Waals surface area (Å²) in [6.07, 6.45) is -0.369. The molecule has 2 fully saturated rings. The van der Waals surface area contributed by atoms with E-state index in [4.69, 9.17) is 5.73 Å². The van der Waals surface area contributed by atoms with Gasteiger partial charge in [-0.25, -0.2) is 0 Å². The molecule has 0 aliphatic carbocycles. The number of likely N-dealkylation sites (tertiary alicyclic amines) is 2. The number of halogens is 3. The van der Waals surface area contributed by atoms with E-state index < -0.39 is 17.6 Å². The highest BCUT2D eigenvalue weighted by Crippen LogP contribution is 2.41. The normalized spacial score (nSPS) is 17.7. The molecule has 7 nitrogen and oxygen atoms in total. The molecule has 10 heteroatoms. The summed E-state index contributed by atoms with van der Waals surface area (Å²) in [6, 6.07) is 5.47. The molecule has 0 radical (unpaired) electrons. The van der Waals surface area contributed by atoms with Crippen molar-refractivity contribution in [3.8, 4) is 11.8 Å². The minimum absolute atomic E-state index is 0.0579. The maximum atomic E-state index is 13.9. The van der Waals surface area contributed by atoms with E-state index >= 15 is 0 Å². The Morgan fingerprint density at radius 1 is 1.27 bits per heavy atom. The molecule has 1 aromatic heterocycles. The lowest BCUT2D eigenvalue weighted by Crippen LogP contribution is -2.70. The first-order valence-corrected chi connectivity index (χ1v) is 11.8. The van der Waals surface area contributed by atoms with Crippen molar-refractivity contribution in [2.24, 2.45) is 16.1 Å². The molecule has 2 aliphatic rings. The predicted molar refractivity (Wildman–Crippen MR) is 137 cm³/mol. The summed E-state index contributed by atoms with van der Waals surface area (Å²) in [5.41, 5.74) is 7.02. The highest BCUT2D eigenvalue weighted by Gasteiger charge is 2.50. The molecule has 0 saturated carbocycles. The number of nitrogens with one attached hydrogen (secondary N) is 1. The first-order valence-electron chi connectivity index (χ1n) is 11.8. The number of hydrogen-bond acceptors (Lipinski definition) is 6. The molecule has 1 aromatic carbocycles. The summed E-state index contributed by atoms with van der Waals surface area (Å²) in [7, 11) is 3.63. The number of allylic oxidation sites excluding steroid dienone is 1. The number of carbonyl (C=O) groups is 1. The molecule has 3 heterocycles. The van der Waals surface area contributed by atoms with E-state index in [9.17, 15) is 18.0 Å². The van der Waals surface area contributed by atoms with Gasteiger partial charge in [-0.1, -0.05) is 17.9 Å². The summed E-state index contributed by atoms with van der Waals surface area (Å²) in [4.78, 5) is 25.2. The van der Waals surface area contributed by atoms with Crippen LogP contribution in [0.1, 0.15) is 32.7 Å². The third kappa shape index (κ3) is 6.01. The van der Waals surface area contributed by atoms with Crippen LogP contribution in [0.2, 0.25) is 0 Å². The van der Waals surface area contributed by atoms with Gasteiger partial charge in [0.05, 0.1) is 22.4 Å². The second-order valence-electron chi connectivity index (χ2n) is 9.76. The molecule has 4 rings (SSSR count). The number of alkyl halides is 3. The second-order valence-corrected chi connectivity index (χ2v) is 9.76. The standard InChI is InChI=1S/C27H29F3N6O/c1-18-20(5-4-19(10-31)11-32-2)8-22(12-33-18)25(37)34-23-7-6-21(24(9-23)27(28,29)30)13-36-16-26(17-36)14-35(3)15-26/h6-12H,13-17,31H2,1-3H3,(H,34,37). The molecule has 2 aromatic rings. The van der Waals surface area contributed by atoms with Crippen molar-refractivity contribution in [2.45, 2.75) is 19.6 Å². The minimum atomic E-state index is -4.54. The van der Waals surface area contributed by atoms with Gasteiger partial charge in [0.25, 0.3) is 5.91 Å². The number of benzene rings is 1. The fourth-order valence-electron chi connectivity index (χ4n) is 4.99. The van der Waals surface area contributed by atoms with Crippen LogP contribution < -0.4 is 11.1 Å². The number of nitrogens with two attached hydrogens (primary N) is 1. The lowest BCUT2D eigenvalue weighted by atomic mass is 9.73. The maximum Gasteiger partial charge on any atom is 0.416 e. The van der Waals surface area contributed by atoms with E-state index in [-0.39, 0.29) is 28.8 Å². The molecular formula is C27H29F3N6O. The lowest BCUT2D eigenvalue weighted by Gasteiger charge is -2.59. The van der Waals surface area contributed by atoms with Gasteiger partial charge < -0.3 is 16.0 Å². The van der Waals surface area contributed by atoms with Gasteiger partial charge in [0.2, 0.25) is 0 Å². The Labute approximate surface area is 214 Å². The molecule has 3 N–H and O–H groups in total. The van der Waals surface area contributed by atoms with E-state index in [0.29, 0.717) is 16.8 Å². The van der Waals surface area contributed by atoms with E-state index in [2.05, 4.69) is 32.0 Å². The average Bonchev–Trinajstić information content (AvgIpc) is 2.80. The van der Waals surface area contributed by atoms with Crippen LogP contribution in [0.4, 0.5) is 18.9 Å². The first-order chi connectivity index (χ1) is 17.5. The minimum Gasteiger partial charge on any atom is -0.404 e. The summed E-state index contributed by atoms with van der Waals surface area (Å²) < 4.78 is 41.7. The second kappa shape index (κ2) is 10.4. The molecule has 194 valence electrons. The van der Waals surface area contributed by atoms with Gasteiger partial charge in [-0.2, -0.15) is 13.2 Å². The zero-order chi connectivity index (χ0) is 26.8. The Balaban J connectivity index is 1.49. The first kappa shape index (κ1) is 26.4. The largest absolute Gasteiger partial charge is 0.416 e. The topological polar surface area (TPSA) is 86.9 Å². The van der Waals surface area contributed by atoms with Crippen molar-refractivity contribution in [3.63, 3.8) is 0 Å². The van der Waals surface area contributed by atoms with Gasteiger partial charge in [-0.15, -0.1) is 0 Å². The third-order valence-electron chi connectivity index (χ3n) is 6.53. The number of aryl methyl sites for hydroxylation is 1. The number of aliphatic imine (C=N–C) groups is 1. The number of amides is 1. The van der Waals surface area contributed by atoms with Crippen molar-refractivity contribution in [3.05, 3.63) is 70.2 Å². The third-order valence-corrected chi connectivity index (χ3v) is 6.53. The Hall–Kier alpha value is -3.68. The van der Waals surface area contributed by atoms with Crippen LogP contribution in [-0.4, -0.2) is 67.2 Å². The molecule has 1 amide bonds. The Morgan fingerprint density at radius 2 is 2.00 bits per heavy atom. The van der Waals surface area contributed by atoms with E-state index in [1.165, 1.54) is 30.7 Å². The van der Waals surface area contributed by atoms with Crippen molar-refractivity contribution >= 4 is 17.8 Å². The highest BCUT2D eigenvalue weighted by molar-refractivity contribution is 6.04. The zero-order valence-electron chi connectivity index (χ0n) is 21.0. The van der Waals surface area contributed by atoms with Crippen LogP contribution in [0.5, 0.6) is 0 Å². The fraction of sp³-hybridized carbons (Fsp3) is 0.370. The van der Waals surface area contributed by atoms with Gasteiger partial charge in [0.1, 0.15) is 0 Å². The summed E-state index contributed by atoms with van der Waals surface area (Å²) >= 11 is 0. The number of pyridine rings is 1. The molecule has 0 atom stereocenters. The summed E-state index contributed by atoms with van der Waals surface area (Å²) in [5.74, 6) is 5.17. The van der Waals surface area contributed by atoms with Crippen LogP contribution in [0.25, 0.3) is 0 Å². The number of aromatic nitrogens is 1. The molecule has 0 unspecified atom stereocenters. The predicted octanol–water partition coefficient (Wildman–Crippen LogP) is 3.30. The SMILES string of the molecule is CN=CC(C#Cc1cc(C(=O)Nc2ccc(CN3CC4(CN(C)C4)C3)c(C(F)(F)F)c2)cnc1C)=CN. The van der Waals surface area contributed by atoms with Crippen LogP contribution >= 0.6 is 0 Å². The lowest BCUT2D eigenvalue weighted by molar-refractivity contribution is -0.139. The number of rotatable bonds is 5. The molecule has 0 bridgehead atoms. The number of anilines is 1. The number of nitrogens with zero attached hydrogens (tertiary/aromatic N) is 4. The van der Waals surface area contributed by atoms with Gasteiger partial charge in [-0.3, -0.25) is 19.7 Å². The Morgan fingerprint density at radius 3 is 2.62 bits per heavy atom. The fourth-order valence-corrected chi connectivity index (χ4v) is 4.99. The summed E-state index contributed by atoms with van der Waals surface area (Å²) in [6.45, 7) is 5.53. The monoisotopic (exact) mass is 510 g/mol. The van der Waals surface area contributed by atoms with Gasteiger partial charge >= 0.3 is 6.18 Å². The van der Waals surface area contributed by atoms with Crippen LogP contribution in [-0.2, 0) is 12.7 Å². The van der Waals surface area contributed by atoms with Gasteiger partial charge in [0.15, 0.2) is 0 Å². The van der Waals surface area contributed by atoms with E-state index in [1.54, 1.807) is 20.0 Å². The van der Waals surface area contributed by atoms with Crippen LogP contribution in [0.3, 0.4) is 0 Å². The number of carbonyl (C=O) groups excluding carboxylic acids is 1. The van der Waals surface area contributed by atoms with Gasteiger partial charge in [-0.05, 0) is 37.7 Å². The zero-order valence-corrected chi connectivity index (χ0v) is 21.0. The van der Waals surface area contributed by atoms with Crippen LogP contribution in [0, 0.1) is 24.2 Å². The molecule has 37 heavy (non-hydrogen) atoms. The smallest absolute Gasteiger partial charge is 0.404 e. The molecular weight excluding hydrogens is 481 g/mol. The van der Waals surface area contributed by atoms with Crippen molar-refractivity contribution in [1.82, 2.24) is 14.8 Å². The van der Waals surface area contributed by atoms with Crippen molar-refractivity contribution < 1.29 is 18.0 Å². The Kier molecular flexibility index (Phi) is 7.39. The Bertz CT molecular complexity index is 1310. The highest BCUT2D eigenvalue weighted by atomic mass is 19.4. The number of hydrogen-bond donors (Lipinski definition) is 2. The van der Waals surface area contributed by atoms with E-state index in [1.807, 2.05) is 11.9 Å². The maximum absolute atomic E-state index is 13.9. The molecule has 2 aliphatic heterocycles. The van der Waals surface area contributed by atoms with Crippen molar-refractivity contribution in [1.29, 1.82) is 0 Å². The molecule has 2 saturated heterocycles. The summed E-state index contributed by atoms with van der Waals surface area (Å²) in [5, 5.41) is 2.56. The quantitative estimate of drug-likeness (QED) is 0.476. The van der Waals surface area contributed by atoms with Crippen molar-refractivity contribution in [2.75, 3.05) is 45.6 Å². The van der Waals surface area contributed by atoms with E-state index in [0.717, 1.165) is 32.2 Å². The average molecular weight is 511 g/mol. The van der Waals surface area contributed by atoms with Crippen LogP contribution in [0.15, 0.2) is 47.2 Å². The molecule has 1 spiro atoms.